The second-order valence-corrected chi connectivity index (χ2v) is 8.21. The average Bonchev–Trinajstić information content (AvgIpc) is 3.20. The fourth-order valence-corrected chi connectivity index (χ4v) is 4.64. The van der Waals surface area contributed by atoms with Gasteiger partial charge in [-0.15, -0.1) is 10.2 Å². The molecule has 0 amide bonds. The van der Waals surface area contributed by atoms with Gasteiger partial charge in [-0.3, -0.25) is 0 Å². The van der Waals surface area contributed by atoms with Gasteiger partial charge < -0.3 is 4.42 Å². The Balaban J connectivity index is 1.65. The second-order valence-electron chi connectivity index (χ2n) is 6.27. The highest BCUT2D eigenvalue weighted by molar-refractivity contribution is 7.89. The predicted octanol–water partition coefficient (Wildman–Crippen LogP) is 3.58. The highest BCUT2D eigenvalue weighted by atomic mass is 32.2. The topological polar surface area (TPSA) is 76.3 Å². The maximum atomic E-state index is 12.9. The van der Waals surface area contributed by atoms with E-state index in [0.717, 1.165) is 24.8 Å². The van der Waals surface area contributed by atoms with E-state index in [1.807, 2.05) is 30.3 Å². The normalized spacial score (nSPS) is 15.8. The van der Waals surface area contributed by atoms with E-state index in [9.17, 15) is 8.42 Å². The number of sulfonamides is 1. The summed E-state index contributed by atoms with van der Waals surface area (Å²) in [5.41, 5.74) is 1.42. The number of nitrogens with zero attached hydrogens (tertiary/aromatic N) is 3. The van der Waals surface area contributed by atoms with Gasteiger partial charge in [-0.2, -0.15) is 4.31 Å². The van der Waals surface area contributed by atoms with Crippen molar-refractivity contribution < 1.29 is 12.8 Å². The molecule has 0 atom stereocenters. The van der Waals surface area contributed by atoms with Crippen LogP contribution in [-0.2, 0) is 10.0 Å². The van der Waals surface area contributed by atoms with Gasteiger partial charge in [0.05, 0.1) is 4.90 Å². The van der Waals surface area contributed by atoms with Crippen LogP contribution in [0.3, 0.4) is 0 Å². The van der Waals surface area contributed by atoms with Crippen LogP contribution in [0.15, 0.2) is 63.9 Å². The minimum absolute atomic E-state index is 0.261. The molecule has 4 rings (SSSR count). The molecule has 2 aromatic carbocycles. The Hall–Kier alpha value is -2.51. The molecule has 1 saturated heterocycles. The van der Waals surface area contributed by atoms with E-state index < -0.39 is 10.0 Å². The lowest BCUT2D eigenvalue weighted by Gasteiger charge is -2.25. The van der Waals surface area contributed by atoms with Crippen LogP contribution in [0.2, 0.25) is 0 Å². The molecule has 26 heavy (non-hydrogen) atoms. The van der Waals surface area contributed by atoms with Crippen LogP contribution < -0.4 is 0 Å². The Kier molecular flexibility index (Phi) is 4.57. The van der Waals surface area contributed by atoms with E-state index in [1.54, 1.807) is 28.6 Å². The Labute approximate surface area is 152 Å². The zero-order valence-electron chi connectivity index (χ0n) is 14.2. The van der Waals surface area contributed by atoms with E-state index in [2.05, 4.69) is 10.2 Å². The summed E-state index contributed by atoms with van der Waals surface area (Å²) in [7, 11) is -3.49. The molecule has 134 valence electrons. The van der Waals surface area contributed by atoms with Crippen molar-refractivity contribution in [3.05, 3.63) is 54.6 Å². The summed E-state index contributed by atoms with van der Waals surface area (Å²) < 4.78 is 33.0. The first-order valence-corrected chi connectivity index (χ1v) is 10.1. The first-order chi connectivity index (χ1) is 12.6. The van der Waals surface area contributed by atoms with Crippen molar-refractivity contribution >= 4 is 10.0 Å². The first kappa shape index (κ1) is 16.9. The number of hydrogen-bond donors (Lipinski definition) is 0. The van der Waals surface area contributed by atoms with Gasteiger partial charge in [-0.05, 0) is 43.2 Å². The smallest absolute Gasteiger partial charge is 0.248 e. The predicted molar refractivity (Wildman–Crippen MR) is 97.8 cm³/mol. The Morgan fingerprint density at radius 2 is 1.46 bits per heavy atom. The molecule has 7 heteroatoms. The number of piperidine rings is 1. The van der Waals surface area contributed by atoms with Crippen LogP contribution in [0.4, 0.5) is 0 Å². The van der Waals surface area contributed by atoms with Crippen molar-refractivity contribution in [3.63, 3.8) is 0 Å². The van der Waals surface area contributed by atoms with Gasteiger partial charge in [0.25, 0.3) is 0 Å². The van der Waals surface area contributed by atoms with Crippen LogP contribution in [-0.4, -0.2) is 36.0 Å². The number of rotatable bonds is 4. The third-order valence-electron chi connectivity index (χ3n) is 4.48. The van der Waals surface area contributed by atoms with Crippen LogP contribution in [0.1, 0.15) is 19.3 Å². The van der Waals surface area contributed by atoms with E-state index in [-0.39, 0.29) is 4.90 Å². The summed E-state index contributed by atoms with van der Waals surface area (Å²) >= 11 is 0. The molecule has 6 nitrogen and oxygen atoms in total. The van der Waals surface area contributed by atoms with E-state index >= 15 is 0 Å². The fraction of sp³-hybridized carbons (Fsp3) is 0.263. The summed E-state index contributed by atoms with van der Waals surface area (Å²) in [5, 5.41) is 8.14. The molecule has 0 saturated carbocycles. The minimum atomic E-state index is -3.49. The Bertz CT molecular complexity index is 994. The van der Waals surface area contributed by atoms with Crippen molar-refractivity contribution in [1.82, 2.24) is 14.5 Å². The van der Waals surface area contributed by atoms with Crippen LogP contribution in [0, 0.1) is 0 Å². The molecule has 2 heterocycles. The Morgan fingerprint density at radius 1 is 0.808 bits per heavy atom. The van der Waals surface area contributed by atoms with Gasteiger partial charge in [0.2, 0.25) is 21.8 Å². The van der Waals surface area contributed by atoms with Gasteiger partial charge >= 0.3 is 0 Å². The van der Waals surface area contributed by atoms with Crippen molar-refractivity contribution in [2.75, 3.05) is 13.1 Å². The minimum Gasteiger partial charge on any atom is -0.416 e. The Morgan fingerprint density at radius 3 is 2.19 bits per heavy atom. The van der Waals surface area contributed by atoms with Crippen molar-refractivity contribution in [2.24, 2.45) is 0 Å². The van der Waals surface area contributed by atoms with Crippen molar-refractivity contribution in [2.45, 2.75) is 24.2 Å². The van der Waals surface area contributed by atoms with Crippen molar-refractivity contribution in [3.8, 4) is 22.9 Å². The standard InChI is InChI=1S/C19H19N3O3S/c23-26(24,22-12-5-2-6-13-22)17-11-7-10-16(14-17)19-21-20-18(25-19)15-8-3-1-4-9-15/h1,3-4,7-11,14H,2,5-6,12-13H2. The molecule has 1 aliphatic rings. The first-order valence-electron chi connectivity index (χ1n) is 8.64. The van der Waals surface area contributed by atoms with E-state index in [0.29, 0.717) is 30.4 Å². The summed E-state index contributed by atoms with van der Waals surface area (Å²) in [6.07, 6.45) is 2.89. The molecule has 0 radical (unpaired) electrons. The zero-order chi connectivity index (χ0) is 18.0. The molecular formula is C19H19N3O3S. The maximum absolute atomic E-state index is 12.9. The number of benzene rings is 2. The molecule has 3 aromatic rings. The molecule has 0 aliphatic carbocycles. The van der Waals surface area contributed by atoms with Gasteiger partial charge in [0, 0.05) is 24.2 Å². The highest BCUT2D eigenvalue weighted by Crippen LogP contribution is 2.27. The molecule has 0 spiro atoms. The fourth-order valence-electron chi connectivity index (χ4n) is 3.08. The molecular weight excluding hydrogens is 350 g/mol. The second kappa shape index (κ2) is 7.01. The maximum Gasteiger partial charge on any atom is 0.248 e. The molecule has 0 unspecified atom stereocenters. The summed E-state index contributed by atoms with van der Waals surface area (Å²) in [4.78, 5) is 0.261. The van der Waals surface area contributed by atoms with Gasteiger partial charge in [-0.25, -0.2) is 8.42 Å². The van der Waals surface area contributed by atoms with Gasteiger partial charge in [0.1, 0.15) is 0 Å². The third-order valence-corrected chi connectivity index (χ3v) is 6.37. The lowest BCUT2D eigenvalue weighted by molar-refractivity contribution is 0.346. The van der Waals surface area contributed by atoms with Crippen LogP contribution in [0.5, 0.6) is 0 Å². The molecule has 1 fully saturated rings. The zero-order valence-corrected chi connectivity index (χ0v) is 15.0. The molecule has 1 aromatic heterocycles. The lowest BCUT2D eigenvalue weighted by Crippen LogP contribution is -2.35. The van der Waals surface area contributed by atoms with Crippen molar-refractivity contribution in [1.29, 1.82) is 0 Å². The molecule has 0 bridgehead atoms. The van der Waals surface area contributed by atoms with E-state index in [1.165, 1.54) is 0 Å². The third kappa shape index (κ3) is 3.27. The van der Waals surface area contributed by atoms with Gasteiger partial charge in [-0.1, -0.05) is 30.7 Å². The van der Waals surface area contributed by atoms with Gasteiger partial charge in [0.15, 0.2) is 0 Å². The molecule has 0 N–H and O–H groups in total. The van der Waals surface area contributed by atoms with E-state index in [4.69, 9.17) is 4.42 Å². The lowest BCUT2D eigenvalue weighted by atomic mass is 10.2. The SMILES string of the molecule is O=S(=O)(c1cccc(-c2nnc(-c3ccccc3)o2)c1)N1CCCCC1. The average molecular weight is 369 g/mol. The van der Waals surface area contributed by atoms with Crippen LogP contribution >= 0.6 is 0 Å². The summed E-state index contributed by atoms with van der Waals surface area (Å²) in [5.74, 6) is 0.712. The summed E-state index contributed by atoms with van der Waals surface area (Å²) in [6, 6.07) is 16.2. The molecule has 1 aliphatic heterocycles. The highest BCUT2D eigenvalue weighted by Gasteiger charge is 2.26. The monoisotopic (exact) mass is 369 g/mol. The quantitative estimate of drug-likeness (QED) is 0.702. The largest absolute Gasteiger partial charge is 0.416 e. The van der Waals surface area contributed by atoms with Crippen LogP contribution in [0.25, 0.3) is 22.9 Å². The number of hydrogen-bond acceptors (Lipinski definition) is 5. The summed E-state index contributed by atoms with van der Waals surface area (Å²) in [6.45, 7) is 1.15. The number of aromatic nitrogens is 2.